The van der Waals surface area contributed by atoms with Crippen LogP contribution in [-0.2, 0) is 21.9 Å². The van der Waals surface area contributed by atoms with E-state index in [-0.39, 0.29) is 16.2 Å². The van der Waals surface area contributed by atoms with E-state index in [1.165, 1.54) is 36.0 Å². The van der Waals surface area contributed by atoms with E-state index in [1.807, 2.05) is 6.07 Å². The molecule has 252 valence electrons. The Morgan fingerprint density at radius 2 is 1.47 bits per heavy atom. The lowest BCUT2D eigenvalue weighted by Crippen LogP contribution is -2.46. The van der Waals surface area contributed by atoms with Gasteiger partial charge in [-0.25, -0.2) is 0 Å². The molecule has 1 saturated carbocycles. The largest absolute Gasteiger partial charge is 0.489 e. The Morgan fingerprint density at radius 1 is 0.822 bits per heavy atom. The number of rotatable bonds is 16. The molecule has 3 rings (SSSR count). The average Bonchev–Trinajstić information content (AvgIpc) is 3.22. The summed E-state index contributed by atoms with van der Waals surface area (Å²) in [6.45, 7) is 31.3. The summed E-state index contributed by atoms with van der Waals surface area (Å²) < 4.78 is 20.6. The van der Waals surface area contributed by atoms with E-state index in [0.29, 0.717) is 24.5 Å². The fourth-order valence-electron chi connectivity index (χ4n) is 6.10. The average molecular weight is 651 g/mol. The number of benzene rings is 2. The molecule has 0 unspecified atom stereocenters. The van der Waals surface area contributed by atoms with Crippen molar-refractivity contribution in [3.05, 3.63) is 77.9 Å². The van der Waals surface area contributed by atoms with Gasteiger partial charge in [-0.15, -0.1) is 0 Å². The molecule has 0 bridgehead atoms. The molecule has 0 aliphatic heterocycles. The standard InChI is InChI=1S/C40H66O3Si2/c1-13-14-16-23-34(42-44(9,10)39(3,4)5)25-26-36-37(31(2)27-38(36)43-45(11,12)40(6,7)8)29-33-22-19-24-35(28-33)41-30-32-20-17-15-18-21-32/h15,17-22,24,28,34,36-38H,2,13-14,16,23,25-27,29-30H2,1,3-12H3/t34-,36-,37+,38-/m1/s1. The van der Waals surface area contributed by atoms with E-state index in [0.717, 1.165) is 37.9 Å². The van der Waals surface area contributed by atoms with E-state index >= 15 is 0 Å². The maximum absolute atomic E-state index is 7.23. The highest BCUT2D eigenvalue weighted by atomic mass is 28.4. The molecule has 2 aromatic carbocycles. The second kappa shape index (κ2) is 16.0. The summed E-state index contributed by atoms with van der Waals surface area (Å²) in [6.07, 6.45) is 9.64. The third kappa shape index (κ3) is 10.9. The quantitative estimate of drug-likeness (QED) is 0.103. The Kier molecular flexibility index (Phi) is 13.4. The minimum absolute atomic E-state index is 0.176. The van der Waals surface area contributed by atoms with Gasteiger partial charge in [-0.3, -0.25) is 0 Å². The molecule has 3 nitrogen and oxygen atoms in total. The first-order valence-corrected chi connectivity index (χ1v) is 23.5. The Hall–Kier alpha value is -1.67. The Balaban J connectivity index is 1.83. The molecule has 45 heavy (non-hydrogen) atoms. The SMILES string of the molecule is C=C1C[C@@H](O[Si](C)(C)C(C)(C)C)[C@H](CC[C@@H](CCCCC)O[Si](C)(C)C(C)(C)C)[C@H]1Cc1cccc(OCc2ccccc2)c1. The minimum atomic E-state index is -1.95. The summed E-state index contributed by atoms with van der Waals surface area (Å²) in [5, 5.41) is 0.386. The van der Waals surface area contributed by atoms with Gasteiger partial charge in [-0.1, -0.05) is 122 Å². The van der Waals surface area contributed by atoms with Gasteiger partial charge in [0, 0.05) is 6.10 Å². The minimum Gasteiger partial charge on any atom is -0.489 e. The molecule has 2 aromatic rings. The molecular weight excluding hydrogens is 585 g/mol. The fourth-order valence-corrected chi connectivity index (χ4v) is 8.89. The molecule has 0 amide bonds. The summed E-state index contributed by atoms with van der Waals surface area (Å²) in [5.41, 5.74) is 3.86. The number of hydrogen-bond acceptors (Lipinski definition) is 3. The van der Waals surface area contributed by atoms with Crippen LogP contribution in [0, 0.1) is 11.8 Å². The highest BCUT2D eigenvalue weighted by Gasteiger charge is 2.46. The van der Waals surface area contributed by atoms with Gasteiger partial charge in [0.15, 0.2) is 16.6 Å². The lowest BCUT2D eigenvalue weighted by molar-refractivity contribution is 0.0965. The number of hydrogen-bond donors (Lipinski definition) is 0. The van der Waals surface area contributed by atoms with Crippen molar-refractivity contribution < 1.29 is 13.6 Å². The first kappa shape index (κ1) is 37.8. The summed E-state index contributed by atoms with van der Waals surface area (Å²) in [7, 11) is -3.82. The van der Waals surface area contributed by atoms with Crippen LogP contribution in [0.1, 0.15) is 105 Å². The molecule has 0 radical (unpaired) electrons. The topological polar surface area (TPSA) is 27.7 Å². The molecule has 0 saturated heterocycles. The lowest BCUT2D eigenvalue weighted by atomic mass is 9.83. The third-order valence-electron chi connectivity index (χ3n) is 11.1. The zero-order valence-corrected chi connectivity index (χ0v) is 32.8. The molecule has 4 atom stereocenters. The van der Waals surface area contributed by atoms with Crippen molar-refractivity contribution in [2.75, 3.05) is 0 Å². The zero-order chi connectivity index (χ0) is 33.5. The van der Waals surface area contributed by atoms with E-state index in [2.05, 4.69) is 130 Å². The van der Waals surface area contributed by atoms with Crippen LogP contribution < -0.4 is 4.74 Å². The Bertz CT molecular complexity index is 1190. The molecule has 1 aliphatic rings. The van der Waals surface area contributed by atoms with Gasteiger partial charge >= 0.3 is 0 Å². The first-order chi connectivity index (χ1) is 20.9. The Morgan fingerprint density at radius 3 is 2.09 bits per heavy atom. The van der Waals surface area contributed by atoms with Gasteiger partial charge in [0.1, 0.15) is 12.4 Å². The maximum atomic E-state index is 7.23. The zero-order valence-electron chi connectivity index (χ0n) is 30.8. The normalized spacial score (nSPS) is 20.4. The predicted molar refractivity (Wildman–Crippen MR) is 199 cm³/mol. The van der Waals surface area contributed by atoms with Gasteiger partial charge in [-0.2, -0.15) is 0 Å². The second-order valence-corrected chi connectivity index (χ2v) is 26.3. The number of unbranched alkanes of at least 4 members (excludes halogenated alkanes) is 2. The molecular formula is C40H66O3Si2. The van der Waals surface area contributed by atoms with Crippen molar-refractivity contribution in [2.24, 2.45) is 11.8 Å². The smallest absolute Gasteiger partial charge is 0.192 e. The summed E-state index contributed by atoms with van der Waals surface area (Å²) in [6, 6.07) is 19.1. The van der Waals surface area contributed by atoms with Gasteiger partial charge in [0.05, 0.1) is 6.10 Å². The molecule has 1 fully saturated rings. The van der Waals surface area contributed by atoms with Crippen molar-refractivity contribution >= 4 is 16.6 Å². The van der Waals surface area contributed by atoms with Crippen LogP contribution in [0.15, 0.2) is 66.7 Å². The van der Waals surface area contributed by atoms with Gasteiger partial charge in [0.25, 0.3) is 0 Å². The van der Waals surface area contributed by atoms with Crippen LogP contribution in [0.3, 0.4) is 0 Å². The van der Waals surface area contributed by atoms with Crippen LogP contribution in [0.25, 0.3) is 0 Å². The van der Waals surface area contributed by atoms with E-state index in [9.17, 15) is 0 Å². The van der Waals surface area contributed by atoms with Crippen LogP contribution in [0.5, 0.6) is 5.75 Å². The fraction of sp³-hybridized carbons (Fsp3) is 0.650. The molecule has 0 spiro atoms. The van der Waals surface area contributed by atoms with Crippen molar-refractivity contribution in [1.29, 1.82) is 0 Å². The van der Waals surface area contributed by atoms with Crippen LogP contribution in [0.2, 0.25) is 36.3 Å². The van der Waals surface area contributed by atoms with Crippen molar-refractivity contribution in [2.45, 2.75) is 155 Å². The molecule has 1 aliphatic carbocycles. The monoisotopic (exact) mass is 650 g/mol. The van der Waals surface area contributed by atoms with Gasteiger partial charge in [0.2, 0.25) is 0 Å². The van der Waals surface area contributed by atoms with Crippen molar-refractivity contribution in [1.82, 2.24) is 0 Å². The van der Waals surface area contributed by atoms with Crippen LogP contribution in [0.4, 0.5) is 0 Å². The highest BCUT2D eigenvalue weighted by Crippen LogP contribution is 2.47. The van der Waals surface area contributed by atoms with Gasteiger partial charge in [-0.05, 0) is 103 Å². The van der Waals surface area contributed by atoms with E-state index in [1.54, 1.807) is 0 Å². The summed E-state index contributed by atoms with van der Waals surface area (Å²) in [4.78, 5) is 0. The lowest BCUT2D eigenvalue weighted by Gasteiger charge is -2.41. The maximum Gasteiger partial charge on any atom is 0.192 e. The number of ether oxygens (including phenoxy) is 1. The Labute approximate surface area is 279 Å². The van der Waals surface area contributed by atoms with Crippen molar-refractivity contribution in [3.63, 3.8) is 0 Å². The second-order valence-electron chi connectivity index (χ2n) is 16.7. The van der Waals surface area contributed by atoms with Crippen molar-refractivity contribution in [3.8, 4) is 5.75 Å². The van der Waals surface area contributed by atoms with Crippen LogP contribution in [-0.4, -0.2) is 28.8 Å². The molecule has 0 aromatic heterocycles. The molecule has 5 heteroatoms. The highest BCUT2D eigenvalue weighted by molar-refractivity contribution is 6.74. The van der Waals surface area contributed by atoms with E-state index in [4.69, 9.17) is 13.6 Å². The summed E-state index contributed by atoms with van der Waals surface area (Å²) >= 11 is 0. The van der Waals surface area contributed by atoms with Gasteiger partial charge < -0.3 is 13.6 Å². The third-order valence-corrected chi connectivity index (χ3v) is 20.1. The molecule has 0 N–H and O–H groups in total. The molecule has 0 heterocycles. The van der Waals surface area contributed by atoms with Crippen LogP contribution >= 0.6 is 0 Å². The van der Waals surface area contributed by atoms with E-state index < -0.39 is 16.6 Å². The first-order valence-electron chi connectivity index (χ1n) is 17.7. The summed E-state index contributed by atoms with van der Waals surface area (Å²) in [5.74, 6) is 1.77. The predicted octanol–water partition coefficient (Wildman–Crippen LogP) is 12.1.